The number of aryl methyl sites for hydroxylation is 1. The SMILES string of the molecule is COc1cccc(C=NNC(=O)CCn2cnc(-c3ccccc3)c2-c2ccccc2)c1. The van der Waals surface area contributed by atoms with Gasteiger partial charge >= 0.3 is 0 Å². The van der Waals surface area contributed by atoms with Crippen molar-refractivity contribution in [3.8, 4) is 28.3 Å². The molecule has 0 atom stereocenters. The third-order valence-corrected chi connectivity index (χ3v) is 5.01. The maximum absolute atomic E-state index is 12.4. The summed E-state index contributed by atoms with van der Waals surface area (Å²) < 4.78 is 7.21. The molecule has 0 saturated heterocycles. The third-order valence-electron chi connectivity index (χ3n) is 5.01. The molecule has 6 heteroatoms. The fourth-order valence-electron chi connectivity index (χ4n) is 3.44. The van der Waals surface area contributed by atoms with Gasteiger partial charge in [0.2, 0.25) is 5.91 Å². The molecule has 1 amide bonds. The zero-order valence-electron chi connectivity index (χ0n) is 17.8. The fourth-order valence-corrected chi connectivity index (χ4v) is 3.44. The number of ether oxygens (including phenoxy) is 1. The number of amides is 1. The molecule has 0 fully saturated rings. The van der Waals surface area contributed by atoms with E-state index in [4.69, 9.17) is 4.74 Å². The van der Waals surface area contributed by atoms with Crippen LogP contribution in [-0.4, -0.2) is 28.8 Å². The van der Waals surface area contributed by atoms with Crippen LogP contribution in [0.3, 0.4) is 0 Å². The van der Waals surface area contributed by atoms with Gasteiger partial charge in [0.1, 0.15) is 5.75 Å². The predicted octanol–water partition coefficient (Wildman–Crippen LogP) is 4.77. The molecule has 0 aliphatic heterocycles. The van der Waals surface area contributed by atoms with Crippen molar-refractivity contribution < 1.29 is 9.53 Å². The smallest absolute Gasteiger partial charge is 0.241 e. The molecule has 0 saturated carbocycles. The minimum absolute atomic E-state index is 0.168. The number of benzene rings is 3. The maximum Gasteiger partial charge on any atom is 0.241 e. The summed E-state index contributed by atoms with van der Waals surface area (Å²) in [5.74, 6) is 0.571. The Labute approximate surface area is 187 Å². The Morgan fingerprint density at radius 1 is 1.00 bits per heavy atom. The van der Waals surface area contributed by atoms with Gasteiger partial charge in [-0.3, -0.25) is 4.79 Å². The Balaban J connectivity index is 1.46. The lowest BCUT2D eigenvalue weighted by atomic mass is 10.0. The lowest BCUT2D eigenvalue weighted by molar-refractivity contribution is -0.121. The van der Waals surface area contributed by atoms with Crippen LogP contribution in [0.1, 0.15) is 12.0 Å². The first-order valence-electron chi connectivity index (χ1n) is 10.4. The molecule has 1 N–H and O–H groups in total. The number of aromatic nitrogens is 2. The van der Waals surface area contributed by atoms with Crippen molar-refractivity contribution in [1.29, 1.82) is 0 Å². The van der Waals surface area contributed by atoms with Gasteiger partial charge in [0.25, 0.3) is 0 Å². The minimum Gasteiger partial charge on any atom is -0.497 e. The molecule has 4 rings (SSSR count). The monoisotopic (exact) mass is 424 g/mol. The third kappa shape index (κ3) is 5.10. The lowest BCUT2D eigenvalue weighted by Gasteiger charge is -2.10. The number of nitrogens with one attached hydrogen (secondary N) is 1. The van der Waals surface area contributed by atoms with Crippen molar-refractivity contribution in [1.82, 2.24) is 15.0 Å². The summed E-state index contributed by atoms with van der Waals surface area (Å²) in [5, 5.41) is 4.06. The second-order valence-electron chi connectivity index (χ2n) is 7.19. The number of methoxy groups -OCH3 is 1. The molecule has 6 nitrogen and oxygen atoms in total. The highest BCUT2D eigenvalue weighted by Crippen LogP contribution is 2.31. The number of nitrogens with zero attached hydrogens (tertiary/aromatic N) is 3. The van der Waals surface area contributed by atoms with Gasteiger partial charge in [-0.2, -0.15) is 5.10 Å². The highest BCUT2D eigenvalue weighted by atomic mass is 16.5. The predicted molar refractivity (Wildman–Crippen MR) is 126 cm³/mol. The molecule has 0 spiro atoms. The average Bonchev–Trinajstić information content (AvgIpc) is 3.28. The molecule has 0 aliphatic rings. The van der Waals surface area contributed by atoms with E-state index < -0.39 is 0 Å². The van der Waals surface area contributed by atoms with E-state index in [1.807, 2.05) is 77.4 Å². The van der Waals surface area contributed by atoms with Crippen molar-refractivity contribution in [2.75, 3.05) is 7.11 Å². The first-order chi connectivity index (χ1) is 15.7. The second kappa shape index (κ2) is 10.2. The number of rotatable bonds is 8. The van der Waals surface area contributed by atoms with Crippen LogP contribution in [0.25, 0.3) is 22.5 Å². The molecule has 0 bridgehead atoms. The average molecular weight is 425 g/mol. The topological polar surface area (TPSA) is 68.5 Å². The molecule has 3 aromatic carbocycles. The summed E-state index contributed by atoms with van der Waals surface area (Å²) in [6.45, 7) is 0.491. The van der Waals surface area contributed by atoms with Crippen LogP contribution in [0.2, 0.25) is 0 Å². The van der Waals surface area contributed by atoms with Crippen LogP contribution in [0.15, 0.2) is 96.4 Å². The Bertz CT molecular complexity index is 1200. The summed E-state index contributed by atoms with van der Waals surface area (Å²) in [4.78, 5) is 17.0. The largest absolute Gasteiger partial charge is 0.497 e. The van der Waals surface area contributed by atoms with E-state index in [0.717, 1.165) is 33.8 Å². The maximum atomic E-state index is 12.4. The van der Waals surface area contributed by atoms with Gasteiger partial charge in [0.15, 0.2) is 0 Å². The number of hydrogen-bond acceptors (Lipinski definition) is 4. The first-order valence-corrected chi connectivity index (χ1v) is 10.4. The van der Waals surface area contributed by atoms with Gasteiger partial charge < -0.3 is 9.30 Å². The fraction of sp³-hybridized carbons (Fsp3) is 0.115. The van der Waals surface area contributed by atoms with Gasteiger partial charge in [-0.05, 0) is 17.7 Å². The van der Waals surface area contributed by atoms with Crippen LogP contribution in [0.5, 0.6) is 5.75 Å². The van der Waals surface area contributed by atoms with Crippen LogP contribution >= 0.6 is 0 Å². The number of hydrazone groups is 1. The van der Waals surface area contributed by atoms with E-state index in [-0.39, 0.29) is 12.3 Å². The number of carbonyl (C=O) groups is 1. The Morgan fingerprint density at radius 3 is 2.44 bits per heavy atom. The van der Waals surface area contributed by atoms with Crippen molar-refractivity contribution in [2.45, 2.75) is 13.0 Å². The molecule has 0 radical (unpaired) electrons. The zero-order valence-corrected chi connectivity index (χ0v) is 17.8. The summed E-state index contributed by atoms with van der Waals surface area (Å²) in [6.07, 6.45) is 3.66. The van der Waals surface area contributed by atoms with E-state index in [1.54, 1.807) is 19.7 Å². The van der Waals surface area contributed by atoms with E-state index in [1.165, 1.54) is 0 Å². The van der Waals surface area contributed by atoms with Gasteiger partial charge in [0.05, 0.1) is 31.0 Å². The first kappa shape index (κ1) is 21.1. The van der Waals surface area contributed by atoms with Gasteiger partial charge in [-0.1, -0.05) is 72.8 Å². The van der Waals surface area contributed by atoms with Crippen LogP contribution in [0.4, 0.5) is 0 Å². The van der Waals surface area contributed by atoms with Crippen LogP contribution in [0, 0.1) is 0 Å². The second-order valence-corrected chi connectivity index (χ2v) is 7.19. The lowest BCUT2D eigenvalue weighted by Crippen LogP contribution is -2.19. The van der Waals surface area contributed by atoms with Crippen molar-refractivity contribution in [2.24, 2.45) is 5.10 Å². The molecular weight excluding hydrogens is 400 g/mol. The van der Waals surface area contributed by atoms with Gasteiger partial charge in [-0.15, -0.1) is 0 Å². The number of carbonyl (C=O) groups excluding carboxylic acids is 1. The van der Waals surface area contributed by atoms with E-state index in [9.17, 15) is 4.79 Å². The Morgan fingerprint density at radius 2 is 1.72 bits per heavy atom. The van der Waals surface area contributed by atoms with Crippen molar-refractivity contribution in [3.05, 3.63) is 96.8 Å². The molecule has 160 valence electrons. The molecular formula is C26H24N4O2. The summed E-state index contributed by atoms with van der Waals surface area (Å²) >= 11 is 0. The Hall–Kier alpha value is -4.19. The van der Waals surface area contributed by atoms with E-state index in [2.05, 4.69) is 27.6 Å². The summed E-state index contributed by atoms with van der Waals surface area (Å²) in [6, 6.07) is 27.6. The highest BCUT2D eigenvalue weighted by Gasteiger charge is 2.15. The molecule has 0 aliphatic carbocycles. The molecule has 4 aromatic rings. The summed E-state index contributed by atoms with van der Waals surface area (Å²) in [5.41, 5.74) is 7.42. The number of hydrogen-bond donors (Lipinski definition) is 1. The van der Waals surface area contributed by atoms with Crippen LogP contribution < -0.4 is 10.2 Å². The Kier molecular flexibility index (Phi) is 6.72. The molecule has 0 unspecified atom stereocenters. The molecule has 1 aromatic heterocycles. The highest BCUT2D eigenvalue weighted by molar-refractivity contribution is 5.83. The van der Waals surface area contributed by atoms with Crippen molar-refractivity contribution >= 4 is 12.1 Å². The molecule has 1 heterocycles. The normalized spacial score (nSPS) is 10.9. The summed E-state index contributed by atoms with van der Waals surface area (Å²) in [7, 11) is 1.61. The van der Waals surface area contributed by atoms with Gasteiger partial charge in [-0.25, -0.2) is 10.4 Å². The van der Waals surface area contributed by atoms with Crippen LogP contribution in [-0.2, 0) is 11.3 Å². The minimum atomic E-state index is -0.168. The van der Waals surface area contributed by atoms with E-state index in [0.29, 0.717) is 6.54 Å². The number of imidazole rings is 1. The zero-order chi connectivity index (χ0) is 22.2. The van der Waals surface area contributed by atoms with Crippen molar-refractivity contribution in [3.63, 3.8) is 0 Å². The molecule has 32 heavy (non-hydrogen) atoms. The van der Waals surface area contributed by atoms with Gasteiger partial charge in [0, 0.05) is 24.1 Å². The van der Waals surface area contributed by atoms with E-state index >= 15 is 0 Å². The quantitative estimate of drug-likeness (QED) is 0.327. The standard InChI is InChI=1S/C26H24N4O2/c1-32-23-14-8-9-20(17-23)18-28-29-24(31)15-16-30-19-27-25(21-10-4-2-5-11-21)26(30)22-12-6-3-7-13-22/h2-14,17-19H,15-16H2,1H3,(H,29,31).